The van der Waals surface area contributed by atoms with Gasteiger partial charge >= 0.3 is 29.6 Å². The molecule has 1 saturated carbocycles. The van der Waals surface area contributed by atoms with Crippen LogP contribution in [0.4, 0.5) is 0 Å². The summed E-state index contributed by atoms with van der Waals surface area (Å²) in [6, 6.07) is 0. The van der Waals surface area contributed by atoms with E-state index in [1.807, 2.05) is 0 Å². The van der Waals surface area contributed by atoms with Crippen LogP contribution in [0.15, 0.2) is 0 Å². The fourth-order valence-corrected chi connectivity index (χ4v) is 0.898. The Labute approximate surface area is 96.1 Å². The van der Waals surface area contributed by atoms with E-state index in [4.69, 9.17) is 13.0 Å². The summed E-state index contributed by atoms with van der Waals surface area (Å²) in [5.41, 5.74) is 0. The van der Waals surface area contributed by atoms with E-state index in [2.05, 4.69) is 11.6 Å². The molecule has 0 aromatic heterocycles. The van der Waals surface area contributed by atoms with Gasteiger partial charge in [-0.25, -0.2) is 13.6 Å². The summed E-state index contributed by atoms with van der Waals surface area (Å²) in [5.74, 6) is 0. The Morgan fingerprint density at radius 3 is 1.58 bits per heavy atom. The zero-order valence-corrected chi connectivity index (χ0v) is 10.1. The standard InChI is InChI=1S/C6H11.H3NO3S.Na/c1-2-4-6-5-3-1;1-5(2,3)4;/h1H,2-6H2;(H3,1,2,3,4);/q-1;;+1/p-1. The Morgan fingerprint density at radius 2 is 1.50 bits per heavy atom. The molecular formula is C6H13NNaO3S-. The molecule has 0 saturated heterocycles. The van der Waals surface area contributed by atoms with Gasteiger partial charge in [-0.15, -0.1) is 0 Å². The van der Waals surface area contributed by atoms with E-state index in [1.165, 1.54) is 32.1 Å². The third kappa shape index (κ3) is 22.4. The smallest absolute Gasteiger partial charge is 0.736 e. The molecule has 0 spiro atoms. The number of hydrogen-bond acceptors (Lipinski definition) is 3. The molecular weight excluding hydrogens is 189 g/mol. The Balaban J connectivity index is 0. The summed E-state index contributed by atoms with van der Waals surface area (Å²) in [6.45, 7) is 0. The number of hydrogen-bond donors (Lipinski definition) is 1. The van der Waals surface area contributed by atoms with E-state index >= 15 is 0 Å². The first-order chi connectivity index (χ1) is 5.00. The van der Waals surface area contributed by atoms with Crippen LogP contribution in [-0.2, 0) is 10.3 Å². The van der Waals surface area contributed by atoms with Crippen LogP contribution in [0.5, 0.6) is 0 Å². The molecule has 68 valence electrons. The molecule has 0 aliphatic heterocycles. The molecule has 0 heterocycles. The van der Waals surface area contributed by atoms with E-state index in [1.54, 1.807) is 0 Å². The third-order valence-corrected chi connectivity index (χ3v) is 1.32. The van der Waals surface area contributed by atoms with Gasteiger partial charge in [0.1, 0.15) is 0 Å². The molecule has 0 unspecified atom stereocenters. The van der Waals surface area contributed by atoms with Crippen LogP contribution in [0.25, 0.3) is 0 Å². The maximum absolute atomic E-state index is 8.85. The van der Waals surface area contributed by atoms with Gasteiger partial charge in [0.25, 0.3) is 0 Å². The van der Waals surface area contributed by atoms with Crippen LogP contribution in [0.3, 0.4) is 0 Å². The van der Waals surface area contributed by atoms with E-state index in [-0.39, 0.29) is 29.6 Å². The molecule has 0 radical (unpaired) electrons. The molecule has 1 rings (SSSR count). The Morgan fingerprint density at radius 1 is 1.17 bits per heavy atom. The first-order valence-corrected chi connectivity index (χ1v) is 5.02. The zero-order valence-electron chi connectivity index (χ0n) is 7.32. The predicted molar refractivity (Wildman–Crippen MR) is 41.3 cm³/mol. The van der Waals surface area contributed by atoms with Crippen molar-refractivity contribution in [2.45, 2.75) is 32.1 Å². The minimum absolute atomic E-state index is 0. The van der Waals surface area contributed by atoms with Crippen molar-refractivity contribution in [2.24, 2.45) is 5.14 Å². The molecule has 0 atom stereocenters. The topological polar surface area (TPSA) is 83.2 Å². The van der Waals surface area contributed by atoms with E-state index in [0.717, 1.165) is 0 Å². The molecule has 0 aromatic carbocycles. The molecule has 1 aliphatic carbocycles. The molecule has 0 aromatic rings. The molecule has 1 fully saturated rings. The normalized spacial score (nSPS) is 16.8. The van der Waals surface area contributed by atoms with Gasteiger partial charge < -0.3 is 11.0 Å². The van der Waals surface area contributed by atoms with Gasteiger partial charge in [0.05, 0.1) is 0 Å². The summed E-state index contributed by atoms with van der Waals surface area (Å²) >= 11 is 0. The monoisotopic (exact) mass is 202 g/mol. The maximum Gasteiger partial charge on any atom is 1.00 e. The van der Waals surface area contributed by atoms with Crippen molar-refractivity contribution in [1.82, 2.24) is 0 Å². The minimum Gasteiger partial charge on any atom is -0.736 e. The Kier molecular flexibility index (Phi) is 10.8. The van der Waals surface area contributed by atoms with Crippen LogP contribution in [-0.4, -0.2) is 13.0 Å². The van der Waals surface area contributed by atoms with Crippen LogP contribution in [0, 0.1) is 6.42 Å². The van der Waals surface area contributed by atoms with Crippen molar-refractivity contribution in [3.63, 3.8) is 0 Å². The van der Waals surface area contributed by atoms with Crippen LogP contribution in [0.1, 0.15) is 32.1 Å². The second kappa shape index (κ2) is 8.47. The van der Waals surface area contributed by atoms with Gasteiger partial charge in [-0.3, -0.25) is 0 Å². The predicted octanol–water partition coefficient (Wildman–Crippen LogP) is -2.44. The first-order valence-electron chi connectivity index (χ1n) is 3.55. The van der Waals surface area contributed by atoms with Crippen molar-refractivity contribution in [2.75, 3.05) is 0 Å². The van der Waals surface area contributed by atoms with Crippen molar-refractivity contribution in [3.05, 3.63) is 6.42 Å². The molecule has 0 bridgehead atoms. The summed E-state index contributed by atoms with van der Waals surface area (Å²) in [5, 5.41) is 3.77. The SMILES string of the molecule is NS(=O)(=O)[O-].[CH-]1CCCCC1.[Na+]. The van der Waals surface area contributed by atoms with E-state index < -0.39 is 10.3 Å². The Hall–Kier alpha value is 0.870. The van der Waals surface area contributed by atoms with Crippen LogP contribution in [0.2, 0.25) is 0 Å². The number of nitrogens with two attached hydrogens (primary N) is 1. The average Bonchev–Trinajstić information content (AvgIpc) is 1.88. The van der Waals surface area contributed by atoms with E-state index in [9.17, 15) is 0 Å². The van der Waals surface area contributed by atoms with E-state index in [0.29, 0.717) is 0 Å². The summed E-state index contributed by atoms with van der Waals surface area (Å²) < 4.78 is 26.6. The second-order valence-electron chi connectivity index (χ2n) is 2.42. The zero-order chi connectivity index (χ0) is 8.74. The second-order valence-corrected chi connectivity index (χ2v) is 3.41. The fourth-order valence-electron chi connectivity index (χ4n) is 0.898. The van der Waals surface area contributed by atoms with Crippen molar-refractivity contribution < 1.29 is 42.5 Å². The van der Waals surface area contributed by atoms with Crippen molar-refractivity contribution in [1.29, 1.82) is 0 Å². The van der Waals surface area contributed by atoms with Crippen molar-refractivity contribution >= 4 is 10.3 Å². The summed E-state index contributed by atoms with van der Waals surface area (Å²) in [4.78, 5) is 0. The largest absolute Gasteiger partial charge is 1.00 e. The van der Waals surface area contributed by atoms with Crippen LogP contribution < -0.4 is 34.7 Å². The molecule has 0 amide bonds. The molecule has 6 heteroatoms. The fraction of sp³-hybridized carbons (Fsp3) is 0.833. The van der Waals surface area contributed by atoms with Gasteiger partial charge in [-0.05, 0) is 0 Å². The molecule has 1 aliphatic rings. The quantitative estimate of drug-likeness (QED) is 0.269. The van der Waals surface area contributed by atoms with Gasteiger partial charge in [-0.2, -0.15) is 12.8 Å². The van der Waals surface area contributed by atoms with Crippen molar-refractivity contribution in [3.8, 4) is 0 Å². The summed E-state index contributed by atoms with van der Waals surface area (Å²) in [6.07, 6.45) is 9.50. The number of rotatable bonds is 0. The first kappa shape index (κ1) is 15.3. The van der Waals surface area contributed by atoms with Crippen LogP contribution >= 0.6 is 0 Å². The molecule has 2 N–H and O–H groups in total. The van der Waals surface area contributed by atoms with Gasteiger partial charge in [0, 0.05) is 0 Å². The maximum atomic E-state index is 8.85. The Bertz CT molecular complexity index is 158. The van der Waals surface area contributed by atoms with Gasteiger partial charge in [0.15, 0.2) is 10.3 Å². The molecule has 12 heavy (non-hydrogen) atoms. The summed E-state index contributed by atoms with van der Waals surface area (Å²) in [7, 11) is -4.42. The van der Waals surface area contributed by atoms with Gasteiger partial charge in [0.2, 0.25) is 0 Å². The minimum atomic E-state index is -4.42. The molecule has 4 nitrogen and oxygen atoms in total. The third-order valence-electron chi connectivity index (χ3n) is 1.32. The van der Waals surface area contributed by atoms with Gasteiger partial charge in [-0.1, -0.05) is 19.3 Å². The average molecular weight is 202 g/mol.